The Hall–Kier alpha value is -1.23. The van der Waals surface area contributed by atoms with E-state index in [1.165, 1.54) is 5.56 Å². The van der Waals surface area contributed by atoms with Crippen LogP contribution in [0.1, 0.15) is 22.7 Å². The smallest absolute Gasteiger partial charge is 0.0567 e. The van der Waals surface area contributed by atoms with Gasteiger partial charge in [-0.1, -0.05) is 24.3 Å². The molecule has 19 heavy (non-hydrogen) atoms. The molecule has 2 rings (SSSR count). The highest BCUT2D eigenvalue weighted by atomic mass is 79.9. The molecule has 0 amide bonds. The van der Waals surface area contributed by atoms with E-state index in [2.05, 4.69) is 45.2 Å². The molecule has 1 heterocycles. The zero-order valence-electron chi connectivity index (χ0n) is 10.8. The predicted molar refractivity (Wildman–Crippen MR) is 80.0 cm³/mol. The topological polar surface area (TPSA) is 48.1 Å². The number of hydrogen-bond donors (Lipinski definition) is 1. The summed E-state index contributed by atoms with van der Waals surface area (Å²) in [6.45, 7) is 0.737. The molecule has 100 valence electrons. The van der Waals surface area contributed by atoms with Gasteiger partial charge in [0.2, 0.25) is 0 Å². The molecule has 0 saturated carbocycles. The highest BCUT2D eigenvalue weighted by molar-refractivity contribution is 9.10. The lowest BCUT2D eigenvalue weighted by Gasteiger charge is -2.13. The maximum atomic E-state index is 6.25. The van der Waals surface area contributed by atoms with Gasteiger partial charge in [0.15, 0.2) is 0 Å². The maximum absolute atomic E-state index is 6.25. The first-order chi connectivity index (χ1) is 9.20. The molecular weight excluding hydrogens is 304 g/mol. The first-order valence-corrected chi connectivity index (χ1v) is 6.94. The largest absolute Gasteiger partial charge is 0.384 e. The van der Waals surface area contributed by atoms with E-state index >= 15 is 0 Å². The van der Waals surface area contributed by atoms with Crippen molar-refractivity contribution >= 4 is 15.9 Å². The Morgan fingerprint density at radius 2 is 1.95 bits per heavy atom. The molecule has 2 aromatic rings. The van der Waals surface area contributed by atoms with Crippen LogP contribution >= 0.6 is 15.9 Å². The first kappa shape index (κ1) is 14.2. The third kappa shape index (κ3) is 3.86. The standard InChI is InChI=1S/C15H17BrN2O/c1-19-7-6-11-2-4-12(5-3-11)15(17)13-8-14(16)10-18-9-13/h2-5,8-10,15H,6-7,17H2,1H3. The minimum absolute atomic E-state index is 0.151. The van der Waals surface area contributed by atoms with Crippen molar-refractivity contribution in [2.75, 3.05) is 13.7 Å². The molecule has 0 bridgehead atoms. The van der Waals surface area contributed by atoms with Gasteiger partial charge in [0.25, 0.3) is 0 Å². The van der Waals surface area contributed by atoms with Crippen molar-refractivity contribution in [3.63, 3.8) is 0 Å². The highest BCUT2D eigenvalue weighted by Crippen LogP contribution is 2.21. The van der Waals surface area contributed by atoms with E-state index < -0.39 is 0 Å². The molecule has 0 saturated heterocycles. The zero-order chi connectivity index (χ0) is 13.7. The number of nitrogens with zero attached hydrogens (tertiary/aromatic N) is 1. The van der Waals surface area contributed by atoms with Gasteiger partial charge in [0.1, 0.15) is 0 Å². The van der Waals surface area contributed by atoms with E-state index in [-0.39, 0.29) is 6.04 Å². The van der Waals surface area contributed by atoms with E-state index in [4.69, 9.17) is 10.5 Å². The molecule has 0 fully saturated rings. The number of hydrogen-bond acceptors (Lipinski definition) is 3. The van der Waals surface area contributed by atoms with Crippen LogP contribution in [0, 0.1) is 0 Å². The van der Waals surface area contributed by atoms with Crippen molar-refractivity contribution < 1.29 is 4.74 Å². The van der Waals surface area contributed by atoms with E-state index in [0.29, 0.717) is 0 Å². The predicted octanol–water partition coefficient (Wildman–Crippen LogP) is 3.08. The number of pyridine rings is 1. The summed E-state index contributed by atoms with van der Waals surface area (Å²) in [7, 11) is 1.71. The van der Waals surface area contributed by atoms with Crippen LogP contribution in [0.3, 0.4) is 0 Å². The minimum atomic E-state index is -0.151. The first-order valence-electron chi connectivity index (χ1n) is 6.14. The molecule has 1 atom stereocenters. The third-order valence-corrected chi connectivity index (χ3v) is 3.45. The molecule has 0 radical (unpaired) electrons. The summed E-state index contributed by atoms with van der Waals surface area (Å²) < 4.78 is 6.01. The molecule has 3 nitrogen and oxygen atoms in total. The Balaban J connectivity index is 2.13. The van der Waals surface area contributed by atoms with Crippen LogP contribution in [0.15, 0.2) is 47.2 Å². The van der Waals surface area contributed by atoms with Gasteiger partial charge in [0, 0.05) is 24.0 Å². The van der Waals surface area contributed by atoms with Crippen molar-refractivity contribution in [3.05, 3.63) is 63.9 Å². The second-order valence-electron chi connectivity index (χ2n) is 4.40. The fourth-order valence-corrected chi connectivity index (χ4v) is 2.28. The van der Waals surface area contributed by atoms with Gasteiger partial charge < -0.3 is 10.5 Å². The summed E-state index contributed by atoms with van der Waals surface area (Å²) in [6.07, 6.45) is 4.47. The summed E-state index contributed by atoms with van der Waals surface area (Å²) in [5, 5.41) is 0. The monoisotopic (exact) mass is 320 g/mol. The Kier molecular flexibility index (Phi) is 5.07. The van der Waals surface area contributed by atoms with Crippen LogP contribution < -0.4 is 5.73 Å². The van der Waals surface area contributed by atoms with Crippen molar-refractivity contribution in [1.29, 1.82) is 0 Å². The van der Waals surface area contributed by atoms with E-state index in [1.54, 1.807) is 19.5 Å². The van der Waals surface area contributed by atoms with Gasteiger partial charge in [-0.15, -0.1) is 0 Å². The molecule has 1 aromatic heterocycles. The third-order valence-electron chi connectivity index (χ3n) is 3.02. The van der Waals surface area contributed by atoms with E-state index in [1.807, 2.05) is 6.07 Å². The fourth-order valence-electron chi connectivity index (χ4n) is 1.90. The van der Waals surface area contributed by atoms with Crippen molar-refractivity contribution in [2.45, 2.75) is 12.5 Å². The van der Waals surface area contributed by atoms with E-state index in [0.717, 1.165) is 28.6 Å². The van der Waals surface area contributed by atoms with Crippen molar-refractivity contribution in [2.24, 2.45) is 5.73 Å². The maximum Gasteiger partial charge on any atom is 0.0567 e. The number of halogens is 1. The average molecular weight is 321 g/mol. The van der Waals surface area contributed by atoms with Gasteiger partial charge in [-0.25, -0.2) is 0 Å². The summed E-state index contributed by atoms with van der Waals surface area (Å²) in [5.41, 5.74) is 9.59. The van der Waals surface area contributed by atoms with Crippen LogP contribution in [0.5, 0.6) is 0 Å². The fraction of sp³-hybridized carbons (Fsp3) is 0.267. The summed E-state index contributed by atoms with van der Waals surface area (Å²) in [4.78, 5) is 4.15. The number of methoxy groups -OCH3 is 1. The Morgan fingerprint density at radius 3 is 2.58 bits per heavy atom. The van der Waals surface area contributed by atoms with Crippen LogP contribution in [0.4, 0.5) is 0 Å². The van der Waals surface area contributed by atoms with Gasteiger partial charge >= 0.3 is 0 Å². The lowest BCUT2D eigenvalue weighted by molar-refractivity contribution is 0.202. The summed E-state index contributed by atoms with van der Waals surface area (Å²) in [5.74, 6) is 0. The van der Waals surface area contributed by atoms with Gasteiger partial charge in [-0.2, -0.15) is 0 Å². The molecule has 1 unspecified atom stereocenters. The lowest BCUT2D eigenvalue weighted by Crippen LogP contribution is -2.12. The molecule has 0 spiro atoms. The minimum Gasteiger partial charge on any atom is -0.384 e. The van der Waals surface area contributed by atoms with Gasteiger partial charge in [-0.05, 0) is 45.1 Å². The normalized spacial score (nSPS) is 12.4. The highest BCUT2D eigenvalue weighted by Gasteiger charge is 2.09. The molecule has 2 N–H and O–H groups in total. The second kappa shape index (κ2) is 6.80. The van der Waals surface area contributed by atoms with Crippen LogP contribution in [-0.2, 0) is 11.2 Å². The van der Waals surface area contributed by atoms with Crippen LogP contribution in [0.25, 0.3) is 0 Å². The molecule has 0 aliphatic carbocycles. The SMILES string of the molecule is COCCc1ccc(C(N)c2cncc(Br)c2)cc1. The Labute approximate surface area is 121 Å². The number of aromatic nitrogens is 1. The number of nitrogens with two attached hydrogens (primary N) is 1. The summed E-state index contributed by atoms with van der Waals surface area (Å²) >= 11 is 3.41. The number of benzene rings is 1. The molecule has 0 aliphatic rings. The molecular formula is C15H17BrN2O. The van der Waals surface area contributed by atoms with Crippen molar-refractivity contribution in [1.82, 2.24) is 4.98 Å². The van der Waals surface area contributed by atoms with Crippen LogP contribution in [0.2, 0.25) is 0 Å². The summed E-state index contributed by atoms with van der Waals surface area (Å²) in [6, 6.07) is 10.2. The molecule has 1 aromatic carbocycles. The quantitative estimate of drug-likeness (QED) is 0.921. The Bertz CT molecular complexity index is 528. The second-order valence-corrected chi connectivity index (χ2v) is 5.31. The molecule has 0 aliphatic heterocycles. The van der Waals surface area contributed by atoms with Crippen molar-refractivity contribution in [3.8, 4) is 0 Å². The molecule has 4 heteroatoms. The van der Waals surface area contributed by atoms with Gasteiger partial charge in [0.05, 0.1) is 12.6 Å². The number of ether oxygens (including phenoxy) is 1. The average Bonchev–Trinajstić information content (AvgIpc) is 2.45. The lowest BCUT2D eigenvalue weighted by atomic mass is 9.99. The zero-order valence-corrected chi connectivity index (χ0v) is 12.4. The van der Waals surface area contributed by atoms with Crippen LogP contribution in [-0.4, -0.2) is 18.7 Å². The Morgan fingerprint density at radius 1 is 1.21 bits per heavy atom. The number of rotatable bonds is 5. The van der Waals surface area contributed by atoms with Gasteiger partial charge in [-0.3, -0.25) is 4.98 Å². The van der Waals surface area contributed by atoms with E-state index in [9.17, 15) is 0 Å².